The van der Waals surface area contributed by atoms with E-state index in [1.54, 1.807) is 49.4 Å². The topological polar surface area (TPSA) is 70.5 Å². The summed E-state index contributed by atoms with van der Waals surface area (Å²) >= 11 is 0. The van der Waals surface area contributed by atoms with Gasteiger partial charge in [0.1, 0.15) is 5.69 Å². The molecule has 0 aliphatic rings. The highest BCUT2D eigenvalue weighted by atomic mass is 16.4. The van der Waals surface area contributed by atoms with Crippen molar-refractivity contribution in [2.24, 2.45) is 0 Å². The summed E-state index contributed by atoms with van der Waals surface area (Å²) in [7, 11) is 0. The fourth-order valence-corrected chi connectivity index (χ4v) is 1.96. The Bertz CT molecular complexity index is 641. The molecule has 21 heavy (non-hydrogen) atoms. The van der Waals surface area contributed by atoms with E-state index in [1.807, 2.05) is 6.07 Å². The van der Waals surface area contributed by atoms with Crippen LogP contribution in [-0.4, -0.2) is 28.5 Å². The number of aromatic nitrogens is 1. The van der Waals surface area contributed by atoms with Gasteiger partial charge < -0.3 is 10.0 Å². The van der Waals surface area contributed by atoms with Crippen LogP contribution < -0.4 is 4.90 Å². The molecule has 0 saturated heterocycles. The number of carboxylic acids is 1. The van der Waals surface area contributed by atoms with Crippen LogP contribution in [0.2, 0.25) is 0 Å². The van der Waals surface area contributed by atoms with Gasteiger partial charge in [-0.1, -0.05) is 24.3 Å². The normalized spacial score (nSPS) is 10.1. The van der Waals surface area contributed by atoms with Gasteiger partial charge in [0.25, 0.3) is 5.91 Å². The predicted octanol–water partition coefficient (Wildman–Crippen LogP) is 2.51. The standard InChI is InChI=1S/C16H16N2O3/c1-12-6-5-9-14(17-12)16(21)18(11-10-15(19)20)13-7-3-2-4-8-13/h2-9H,10-11H2,1H3,(H,19,20). The Labute approximate surface area is 122 Å². The summed E-state index contributed by atoms with van der Waals surface area (Å²) < 4.78 is 0. The molecule has 0 bridgehead atoms. The summed E-state index contributed by atoms with van der Waals surface area (Å²) in [4.78, 5) is 29.0. The first-order valence-electron chi connectivity index (χ1n) is 6.60. The first-order chi connectivity index (χ1) is 10.1. The highest BCUT2D eigenvalue weighted by Crippen LogP contribution is 2.16. The SMILES string of the molecule is Cc1cccc(C(=O)N(CCC(=O)O)c2ccccc2)n1. The zero-order valence-electron chi connectivity index (χ0n) is 11.7. The van der Waals surface area contributed by atoms with Gasteiger partial charge in [-0.2, -0.15) is 0 Å². The Hall–Kier alpha value is -2.69. The number of aliphatic carboxylic acids is 1. The third kappa shape index (κ3) is 3.89. The first kappa shape index (κ1) is 14.7. The lowest BCUT2D eigenvalue weighted by Crippen LogP contribution is -2.33. The van der Waals surface area contributed by atoms with E-state index in [0.29, 0.717) is 11.4 Å². The molecule has 1 aromatic heterocycles. The molecular formula is C16H16N2O3. The average Bonchev–Trinajstić information content (AvgIpc) is 2.48. The molecule has 1 N–H and O–H groups in total. The number of carboxylic acid groups (broad SMARTS) is 1. The second-order valence-electron chi connectivity index (χ2n) is 4.60. The number of hydrogen-bond acceptors (Lipinski definition) is 3. The van der Waals surface area contributed by atoms with Crippen LogP contribution in [0.3, 0.4) is 0 Å². The van der Waals surface area contributed by atoms with E-state index in [-0.39, 0.29) is 18.9 Å². The van der Waals surface area contributed by atoms with E-state index >= 15 is 0 Å². The van der Waals surface area contributed by atoms with Gasteiger partial charge in [0.15, 0.2) is 0 Å². The van der Waals surface area contributed by atoms with Crippen LogP contribution in [0.15, 0.2) is 48.5 Å². The molecule has 5 heteroatoms. The Balaban J connectivity index is 2.30. The summed E-state index contributed by atoms with van der Waals surface area (Å²) in [6.45, 7) is 1.91. The molecule has 0 spiro atoms. The van der Waals surface area contributed by atoms with Gasteiger partial charge in [-0.15, -0.1) is 0 Å². The molecule has 1 heterocycles. The predicted molar refractivity (Wildman–Crippen MR) is 79.3 cm³/mol. The smallest absolute Gasteiger partial charge is 0.305 e. The van der Waals surface area contributed by atoms with Crippen molar-refractivity contribution in [1.82, 2.24) is 4.98 Å². The minimum absolute atomic E-state index is 0.105. The van der Waals surface area contributed by atoms with Crippen LogP contribution in [-0.2, 0) is 4.79 Å². The zero-order chi connectivity index (χ0) is 15.2. The van der Waals surface area contributed by atoms with E-state index in [9.17, 15) is 9.59 Å². The van der Waals surface area contributed by atoms with E-state index < -0.39 is 5.97 Å². The Morgan fingerprint density at radius 2 is 1.81 bits per heavy atom. The maximum Gasteiger partial charge on any atom is 0.305 e. The quantitative estimate of drug-likeness (QED) is 0.915. The fraction of sp³-hybridized carbons (Fsp3) is 0.188. The molecule has 0 aliphatic carbocycles. The lowest BCUT2D eigenvalue weighted by Gasteiger charge is -2.21. The first-order valence-corrected chi connectivity index (χ1v) is 6.60. The van der Waals surface area contributed by atoms with Gasteiger partial charge >= 0.3 is 5.97 Å². The molecule has 5 nitrogen and oxygen atoms in total. The van der Waals surface area contributed by atoms with E-state index in [4.69, 9.17) is 5.11 Å². The third-order valence-electron chi connectivity index (χ3n) is 2.97. The second-order valence-corrected chi connectivity index (χ2v) is 4.60. The number of rotatable bonds is 5. The highest BCUT2D eigenvalue weighted by Gasteiger charge is 2.19. The maximum absolute atomic E-state index is 12.6. The molecule has 2 rings (SSSR count). The van der Waals surface area contributed by atoms with Gasteiger partial charge in [0, 0.05) is 17.9 Å². The molecule has 0 atom stereocenters. The van der Waals surface area contributed by atoms with Crippen molar-refractivity contribution in [1.29, 1.82) is 0 Å². The van der Waals surface area contributed by atoms with Crippen LogP contribution in [0.5, 0.6) is 0 Å². The van der Waals surface area contributed by atoms with Gasteiger partial charge in [0.2, 0.25) is 0 Å². The van der Waals surface area contributed by atoms with E-state index in [0.717, 1.165) is 5.69 Å². The molecule has 108 valence electrons. The number of pyridine rings is 1. The van der Waals surface area contributed by atoms with Gasteiger partial charge in [-0.05, 0) is 31.2 Å². The number of benzene rings is 1. The molecule has 1 aromatic carbocycles. The number of anilines is 1. The van der Waals surface area contributed by atoms with Crippen LogP contribution in [0.1, 0.15) is 22.6 Å². The lowest BCUT2D eigenvalue weighted by atomic mass is 10.2. The summed E-state index contributed by atoms with van der Waals surface area (Å²) in [5, 5.41) is 8.85. The molecule has 0 unspecified atom stereocenters. The molecule has 1 amide bonds. The van der Waals surface area contributed by atoms with Crippen molar-refractivity contribution in [3.63, 3.8) is 0 Å². The number of amides is 1. The number of carbonyl (C=O) groups excluding carboxylic acids is 1. The fourth-order valence-electron chi connectivity index (χ4n) is 1.96. The molecule has 0 saturated carbocycles. The number of carbonyl (C=O) groups is 2. The maximum atomic E-state index is 12.6. The molecule has 0 radical (unpaired) electrons. The molecular weight excluding hydrogens is 268 g/mol. The van der Waals surface area contributed by atoms with E-state index in [1.165, 1.54) is 4.90 Å². The largest absolute Gasteiger partial charge is 0.481 e. The van der Waals surface area contributed by atoms with Crippen molar-refractivity contribution >= 4 is 17.6 Å². The second kappa shape index (κ2) is 6.65. The summed E-state index contributed by atoms with van der Waals surface area (Å²) in [6, 6.07) is 14.2. The van der Waals surface area contributed by atoms with Gasteiger partial charge in [0.05, 0.1) is 6.42 Å². The van der Waals surface area contributed by atoms with Crippen molar-refractivity contribution in [3.05, 3.63) is 59.9 Å². The lowest BCUT2D eigenvalue weighted by molar-refractivity contribution is -0.136. The number of nitrogens with zero attached hydrogens (tertiary/aromatic N) is 2. The van der Waals surface area contributed by atoms with Crippen LogP contribution in [0.4, 0.5) is 5.69 Å². The summed E-state index contributed by atoms with van der Waals surface area (Å²) in [5.74, 6) is -1.24. The van der Waals surface area contributed by atoms with Crippen LogP contribution in [0.25, 0.3) is 0 Å². The van der Waals surface area contributed by atoms with Crippen molar-refractivity contribution in [2.45, 2.75) is 13.3 Å². The average molecular weight is 284 g/mol. The zero-order valence-corrected chi connectivity index (χ0v) is 11.7. The molecule has 0 aliphatic heterocycles. The Morgan fingerprint density at radius 3 is 2.43 bits per heavy atom. The van der Waals surface area contributed by atoms with Gasteiger partial charge in [-0.3, -0.25) is 9.59 Å². The van der Waals surface area contributed by atoms with Crippen LogP contribution >= 0.6 is 0 Å². The third-order valence-corrected chi connectivity index (χ3v) is 2.97. The highest BCUT2D eigenvalue weighted by molar-refractivity contribution is 6.05. The Kier molecular flexibility index (Phi) is 4.66. The van der Waals surface area contributed by atoms with Crippen molar-refractivity contribution in [2.75, 3.05) is 11.4 Å². The van der Waals surface area contributed by atoms with Crippen LogP contribution in [0, 0.1) is 6.92 Å². The minimum atomic E-state index is -0.944. The van der Waals surface area contributed by atoms with E-state index in [2.05, 4.69) is 4.98 Å². The molecule has 0 fully saturated rings. The van der Waals surface area contributed by atoms with Crippen molar-refractivity contribution in [3.8, 4) is 0 Å². The summed E-state index contributed by atoms with van der Waals surface area (Å²) in [6.07, 6.45) is -0.119. The number of hydrogen-bond donors (Lipinski definition) is 1. The van der Waals surface area contributed by atoms with Gasteiger partial charge in [-0.25, -0.2) is 4.98 Å². The molecule has 2 aromatic rings. The number of para-hydroxylation sites is 1. The summed E-state index contributed by atoms with van der Waals surface area (Å²) in [5.41, 5.74) is 1.71. The van der Waals surface area contributed by atoms with Crippen molar-refractivity contribution < 1.29 is 14.7 Å². The Morgan fingerprint density at radius 1 is 1.10 bits per heavy atom. The minimum Gasteiger partial charge on any atom is -0.481 e. The monoisotopic (exact) mass is 284 g/mol. The number of aryl methyl sites for hydroxylation is 1.